The molecule has 0 N–H and O–H groups in total. The molecule has 0 spiro atoms. The predicted octanol–water partition coefficient (Wildman–Crippen LogP) is 4.63. The lowest BCUT2D eigenvalue weighted by Crippen LogP contribution is -1.95. The van der Waals surface area contributed by atoms with Gasteiger partial charge >= 0.3 is 0 Å². The molecule has 3 heteroatoms. The highest BCUT2D eigenvalue weighted by molar-refractivity contribution is 6.32. The summed E-state index contributed by atoms with van der Waals surface area (Å²) in [5.74, 6) is 0.701. The third-order valence-corrected chi connectivity index (χ3v) is 3.11. The third-order valence-electron chi connectivity index (χ3n) is 2.77. The van der Waals surface area contributed by atoms with E-state index in [0.29, 0.717) is 17.2 Å². The first-order valence-electron chi connectivity index (χ1n) is 6.40. The van der Waals surface area contributed by atoms with Crippen molar-refractivity contribution in [1.82, 2.24) is 0 Å². The van der Waals surface area contributed by atoms with Crippen LogP contribution in [0.1, 0.15) is 22.8 Å². The van der Waals surface area contributed by atoms with Crippen LogP contribution in [-0.2, 0) is 0 Å². The maximum Gasteiger partial charge on any atom is 0.185 e. The maximum atomic E-state index is 12.0. The lowest BCUT2D eigenvalue weighted by molar-refractivity contribution is 0.104. The van der Waals surface area contributed by atoms with Gasteiger partial charge in [0.1, 0.15) is 5.75 Å². The molecular weight excluding hydrogens is 272 g/mol. The molecule has 0 fully saturated rings. The molecule has 0 amide bonds. The second-order valence-electron chi connectivity index (χ2n) is 4.18. The summed E-state index contributed by atoms with van der Waals surface area (Å²) in [6.07, 6.45) is 3.25. The third kappa shape index (κ3) is 3.72. The van der Waals surface area contributed by atoms with Crippen LogP contribution in [0, 0.1) is 0 Å². The first kappa shape index (κ1) is 14.4. The highest BCUT2D eigenvalue weighted by Gasteiger charge is 2.02. The van der Waals surface area contributed by atoms with E-state index in [2.05, 4.69) is 0 Å². The van der Waals surface area contributed by atoms with Crippen LogP contribution < -0.4 is 4.74 Å². The largest absolute Gasteiger partial charge is 0.494 e. The van der Waals surface area contributed by atoms with Crippen LogP contribution in [0.5, 0.6) is 5.75 Å². The highest BCUT2D eigenvalue weighted by Crippen LogP contribution is 2.17. The van der Waals surface area contributed by atoms with Crippen LogP contribution in [0.2, 0.25) is 5.02 Å². The van der Waals surface area contributed by atoms with Gasteiger partial charge < -0.3 is 4.74 Å². The second-order valence-corrected chi connectivity index (χ2v) is 4.58. The SMILES string of the molecule is CCOc1ccc(C(=O)C=Cc2ccccc2Cl)cc1. The Balaban J connectivity index is 2.10. The minimum Gasteiger partial charge on any atom is -0.494 e. The Hall–Kier alpha value is -2.06. The first-order chi connectivity index (χ1) is 9.70. The Morgan fingerprint density at radius 2 is 1.85 bits per heavy atom. The topological polar surface area (TPSA) is 26.3 Å². The Labute approximate surface area is 123 Å². The van der Waals surface area contributed by atoms with E-state index in [4.69, 9.17) is 16.3 Å². The molecule has 2 aromatic carbocycles. The van der Waals surface area contributed by atoms with Gasteiger partial charge in [-0.3, -0.25) is 4.79 Å². The molecule has 0 radical (unpaired) electrons. The molecule has 0 atom stereocenters. The quantitative estimate of drug-likeness (QED) is 0.591. The smallest absolute Gasteiger partial charge is 0.185 e. The van der Waals surface area contributed by atoms with E-state index in [1.54, 1.807) is 36.4 Å². The second kappa shape index (κ2) is 6.92. The van der Waals surface area contributed by atoms with Crippen LogP contribution in [-0.4, -0.2) is 12.4 Å². The molecule has 0 bridgehead atoms. The number of carbonyl (C=O) groups is 1. The van der Waals surface area contributed by atoms with Gasteiger partial charge in [-0.15, -0.1) is 0 Å². The van der Waals surface area contributed by atoms with E-state index >= 15 is 0 Å². The molecule has 0 saturated carbocycles. The van der Waals surface area contributed by atoms with Gasteiger partial charge in [0.05, 0.1) is 6.61 Å². The lowest BCUT2D eigenvalue weighted by Gasteiger charge is -2.03. The Morgan fingerprint density at radius 3 is 2.50 bits per heavy atom. The summed E-state index contributed by atoms with van der Waals surface area (Å²) < 4.78 is 5.34. The number of hydrogen-bond donors (Lipinski definition) is 0. The van der Waals surface area contributed by atoms with E-state index < -0.39 is 0 Å². The molecule has 102 valence electrons. The Morgan fingerprint density at radius 1 is 1.15 bits per heavy atom. The zero-order chi connectivity index (χ0) is 14.4. The van der Waals surface area contributed by atoms with Crippen molar-refractivity contribution in [3.05, 3.63) is 70.8 Å². The summed E-state index contributed by atoms with van der Waals surface area (Å²) in [4.78, 5) is 12.0. The fraction of sp³-hybridized carbons (Fsp3) is 0.118. The number of hydrogen-bond acceptors (Lipinski definition) is 2. The van der Waals surface area contributed by atoms with E-state index in [9.17, 15) is 4.79 Å². The molecule has 0 aliphatic rings. The molecular formula is C17H15ClO2. The monoisotopic (exact) mass is 286 g/mol. The van der Waals surface area contributed by atoms with Crippen molar-refractivity contribution in [2.45, 2.75) is 6.92 Å². The fourth-order valence-electron chi connectivity index (χ4n) is 1.75. The molecule has 0 saturated heterocycles. The molecule has 2 nitrogen and oxygen atoms in total. The number of ether oxygens (including phenoxy) is 1. The number of rotatable bonds is 5. The molecule has 0 aliphatic heterocycles. The van der Waals surface area contributed by atoms with E-state index in [1.807, 2.05) is 25.1 Å². The van der Waals surface area contributed by atoms with Crippen molar-refractivity contribution >= 4 is 23.5 Å². The van der Waals surface area contributed by atoms with E-state index in [-0.39, 0.29) is 5.78 Å². The summed E-state index contributed by atoms with van der Waals surface area (Å²) in [5, 5.41) is 0.628. The van der Waals surface area contributed by atoms with Crippen LogP contribution >= 0.6 is 11.6 Å². The number of benzene rings is 2. The molecule has 0 unspecified atom stereocenters. The molecule has 2 aromatic rings. The minimum atomic E-state index is -0.0621. The van der Waals surface area contributed by atoms with Crippen molar-refractivity contribution in [1.29, 1.82) is 0 Å². The number of carbonyl (C=O) groups excluding carboxylic acids is 1. The normalized spacial score (nSPS) is 10.7. The van der Waals surface area contributed by atoms with Crippen molar-refractivity contribution in [2.24, 2.45) is 0 Å². The van der Waals surface area contributed by atoms with Crippen LogP contribution in [0.25, 0.3) is 6.08 Å². The zero-order valence-corrected chi connectivity index (χ0v) is 11.9. The average molecular weight is 287 g/mol. The summed E-state index contributed by atoms with van der Waals surface area (Å²) in [6, 6.07) is 14.5. The van der Waals surface area contributed by atoms with Gasteiger partial charge in [-0.2, -0.15) is 0 Å². The van der Waals surface area contributed by atoms with Crippen LogP contribution in [0.15, 0.2) is 54.6 Å². The van der Waals surface area contributed by atoms with E-state index in [1.165, 1.54) is 6.08 Å². The standard InChI is InChI=1S/C17H15ClO2/c1-2-20-15-10-7-14(8-11-15)17(19)12-9-13-5-3-4-6-16(13)18/h3-12H,2H2,1H3. The summed E-state index contributed by atoms with van der Waals surface area (Å²) >= 11 is 6.03. The average Bonchev–Trinajstić information content (AvgIpc) is 2.47. The number of halogens is 1. The van der Waals surface area contributed by atoms with Crippen LogP contribution in [0.3, 0.4) is 0 Å². The number of allylic oxidation sites excluding steroid dienone is 1. The van der Waals surface area contributed by atoms with Crippen molar-refractivity contribution < 1.29 is 9.53 Å². The van der Waals surface area contributed by atoms with Crippen LogP contribution in [0.4, 0.5) is 0 Å². The van der Waals surface area contributed by atoms with Crippen molar-refractivity contribution in [3.8, 4) is 5.75 Å². The van der Waals surface area contributed by atoms with Gasteiger partial charge in [0, 0.05) is 10.6 Å². The van der Waals surface area contributed by atoms with Gasteiger partial charge in [0.25, 0.3) is 0 Å². The maximum absolute atomic E-state index is 12.0. The summed E-state index contributed by atoms with van der Waals surface area (Å²) in [6.45, 7) is 2.53. The van der Waals surface area contributed by atoms with Gasteiger partial charge in [-0.05, 0) is 55.0 Å². The predicted molar refractivity (Wildman–Crippen MR) is 82.4 cm³/mol. The van der Waals surface area contributed by atoms with Gasteiger partial charge in [0.15, 0.2) is 5.78 Å². The molecule has 20 heavy (non-hydrogen) atoms. The van der Waals surface area contributed by atoms with Gasteiger partial charge in [0.2, 0.25) is 0 Å². The Kier molecular flexibility index (Phi) is 4.97. The Bertz CT molecular complexity index is 615. The first-order valence-corrected chi connectivity index (χ1v) is 6.78. The summed E-state index contributed by atoms with van der Waals surface area (Å²) in [5.41, 5.74) is 1.45. The molecule has 0 aromatic heterocycles. The molecule has 0 heterocycles. The van der Waals surface area contributed by atoms with Crippen molar-refractivity contribution in [3.63, 3.8) is 0 Å². The lowest BCUT2D eigenvalue weighted by atomic mass is 10.1. The fourth-order valence-corrected chi connectivity index (χ4v) is 1.95. The molecule has 0 aliphatic carbocycles. The number of ketones is 1. The zero-order valence-electron chi connectivity index (χ0n) is 11.2. The summed E-state index contributed by atoms with van der Waals surface area (Å²) in [7, 11) is 0. The van der Waals surface area contributed by atoms with Gasteiger partial charge in [-0.25, -0.2) is 0 Å². The van der Waals surface area contributed by atoms with E-state index in [0.717, 1.165) is 11.3 Å². The minimum absolute atomic E-state index is 0.0621. The van der Waals surface area contributed by atoms with Crippen molar-refractivity contribution in [2.75, 3.05) is 6.61 Å². The molecule has 2 rings (SSSR count). The highest BCUT2D eigenvalue weighted by atomic mass is 35.5. The van der Waals surface area contributed by atoms with Gasteiger partial charge in [-0.1, -0.05) is 29.8 Å².